The first-order chi connectivity index (χ1) is 7.13. The Balaban J connectivity index is 2.82. The average Bonchev–Trinajstić information content (AvgIpc) is 2.18. The summed E-state index contributed by atoms with van der Waals surface area (Å²) in [5, 5.41) is 11.2. The molecule has 5 heteroatoms. The fraction of sp³-hybridized carbons (Fsp3) is 0.100. The maximum Gasteiger partial charge on any atom is 0.354 e. The van der Waals surface area contributed by atoms with Gasteiger partial charge >= 0.3 is 5.97 Å². The van der Waals surface area contributed by atoms with Gasteiger partial charge in [-0.2, -0.15) is 0 Å². The van der Waals surface area contributed by atoms with Crippen LogP contribution in [0.15, 0.2) is 30.5 Å². The van der Waals surface area contributed by atoms with Gasteiger partial charge in [0.2, 0.25) is 5.91 Å². The number of carboxylic acid groups (broad SMARTS) is 1. The number of anilines is 1. The van der Waals surface area contributed by atoms with E-state index in [-0.39, 0.29) is 11.6 Å². The number of rotatable bonds is 3. The topological polar surface area (TPSA) is 79.3 Å². The van der Waals surface area contributed by atoms with Gasteiger partial charge in [0.1, 0.15) is 5.69 Å². The highest BCUT2D eigenvalue weighted by molar-refractivity contribution is 5.99. The van der Waals surface area contributed by atoms with Crippen LogP contribution >= 0.6 is 0 Å². The normalized spacial score (nSPS) is 10.2. The van der Waals surface area contributed by atoms with Crippen LogP contribution in [0.3, 0.4) is 0 Å². The molecule has 0 unspecified atom stereocenters. The molecule has 78 valence electrons. The lowest BCUT2D eigenvalue weighted by Gasteiger charge is -2.01. The Morgan fingerprint density at radius 1 is 1.53 bits per heavy atom. The summed E-state index contributed by atoms with van der Waals surface area (Å²) in [7, 11) is 0. The molecule has 1 rings (SSSR count). The van der Waals surface area contributed by atoms with Gasteiger partial charge in [0.05, 0.1) is 0 Å². The van der Waals surface area contributed by atoms with Gasteiger partial charge < -0.3 is 10.4 Å². The standard InChI is InChI=1S/C10H10N2O3/c1-2-3-9(13)12-7-4-5-11-8(6-7)10(14)15/h2-6H,1H3,(H,14,15)(H,11,12,13). The van der Waals surface area contributed by atoms with Gasteiger partial charge in [-0.05, 0) is 25.1 Å². The first kappa shape index (κ1) is 10.9. The van der Waals surface area contributed by atoms with Gasteiger partial charge in [-0.15, -0.1) is 0 Å². The zero-order chi connectivity index (χ0) is 11.3. The minimum Gasteiger partial charge on any atom is -0.477 e. The Kier molecular flexibility index (Phi) is 3.56. The van der Waals surface area contributed by atoms with E-state index in [1.807, 2.05) is 0 Å². The Morgan fingerprint density at radius 3 is 2.87 bits per heavy atom. The molecule has 0 fully saturated rings. The average molecular weight is 206 g/mol. The minimum atomic E-state index is -1.13. The Hall–Kier alpha value is -2.17. The van der Waals surface area contributed by atoms with E-state index in [2.05, 4.69) is 10.3 Å². The third-order valence-corrected chi connectivity index (χ3v) is 1.56. The lowest BCUT2D eigenvalue weighted by Crippen LogP contribution is -2.09. The molecule has 0 aliphatic rings. The maximum atomic E-state index is 11.1. The molecule has 0 atom stereocenters. The number of carbonyl (C=O) groups excluding carboxylic acids is 1. The molecular weight excluding hydrogens is 196 g/mol. The van der Waals surface area contributed by atoms with Crippen LogP contribution < -0.4 is 5.32 Å². The van der Waals surface area contributed by atoms with E-state index in [0.29, 0.717) is 5.69 Å². The van der Waals surface area contributed by atoms with Crippen LogP contribution in [-0.2, 0) is 4.79 Å². The number of nitrogens with one attached hydrogen (secondary N) is 1. The predicted molar refractivity (Wildman–Crippen MR) is 54.6 cm³/mol. The van der Waals surface area contributed by atoms with Crippen LogP contribution in [0.4, 0.5) is 5.69 Å². The lowest BCUT2D eigenvalue weighted by molar-refractivity contribution is -0.111. The molecule has 5 nitrogen and oxygen atoms in total. The van der Waals surface area contributed by atoms with Crippen LogP contribution in [-0.4, -0.2) is 22.0 Å². The summed E-state index contributed by atoms with van der Waals surface area (Å²) >= 11 is 0. The van der Waals surface area contributed by atoms with E-state index in [9.17, 15) is 9.59 Å². The third-order valence-electron chi connectivity index (χ3n) is 1.56. The molecule has 0 bridgehead atoms. The second-order valence-electron chi connectivity index (χ2n) is 2.72. The molecule has 0 aliphatic carbocycles. The number of hydrogen-bond donors (Lipinski definition) is 2. The molecule has 0 spiro atoms. The fourth-order valence-electron chi connectivity index (χ4n) is 0.961. The van der Waals surface area contributed by atoms with Crippen LogP contribution in [0.1, 0.15) is 17.4 Å². The van der Waals surface area contributed by atoms with Crippen molar-refractivity contribution < 1.29 is 14.7 Å². The van der Waals surface area contributed by atoms with Crippen LogP contribution in [0, 0.1) is 0 Å². The van der Waals surface area contributed by atoms with Crippen molar-refractivity contribution in [3.63, 3.8) is 0 Å². The fourth-order valence-corrected chi connectivity index (χ4v) is 0.961. The van der Waals surface area contributed by atoms with Gasteiger partial charge in [-0.3, -0.25) is 4.79 Å². The summed E-state index contributed by atoms with van der Waals surface area (Å²) in [6.07, 6.45) is 4.27. The molecule has 2 N–H and O–H groups in total. The zero-order valence-corrected chi connectivity index (χ0v) is 8.10. The van der Waals surface area contributed by atoms with E-state index in [1.54, 1.807) is 13.0 Å². The summed E-state index contributed by atoms with van der Waals surface area (Å²) in [4.78, 5) is 25.3. The molecule has 0 aliphatic heterocycles. The number of pyridine rings is 1. The Labute approximate surface area is 86.5 Å². The van der Waals surface area contributed by atoms with E-state index in [0.717, 1.165) is 0 Å². The van der Waals surface area contributed by atoms with Crippen molar-refractivity contribution in [2.24, 2.45) is 0 Å². The summed E-state index contributed by atoms with van der Waals surface area (Å²) < 4.78 is 0. The summed E-state index contributed by atoms with van der Waals surface area (Å²) in [5.41, 5.74) is 0.304. The summed E-state index contributed by atoms with van der Waals surface area (Å²) in [6, 6.07) is 2.82. The molecule has 0 saturated carbocycles. The highest BCUT2D eigenvalue weighted by Gasteiger charge is 2.05. The van der Waals surface area contributed by atoms with Crippen molar-refractivity contribution in [1.29, 1.82) is 0 Å². The Morgan fingerprint density at radius 2 is 2.27 bits per heavy atom. The van der Waals surface area contributed by atoms with Crippen LogP contribution in [0.25, 0.3) is 0 Å². The third kappa shape index (κ3) is 3.22. The smallest absolute Gasteiger partial charge is 0.354 e. The summed E-state index contributed by atoms with van der Waals surface area (Å²) in [6.45, 7) is 1.72. The highest BCUT2D eigenvalue weighted by atomic mass is 16.4. The van der Waals surface area contributed by atoms with Gasteiger partial charge in [0.15, 0.2) is 0 Å². The Bertz CT molecular complexity index is 413. The predicted octanol–water partition coefficient (Wildman–Crippen LogP) is 1.29. The molecule has 0 radical (unpaired) electrons. The molecule has 1 amide bonds. The minimum absolute atomic E-state index is 0.103. The molecular formula is C10H10N2O3. The number of nitrogens with zero attached hydrogens (tertiary/aromatic N) is 1. The number of carboxylic acids is 1. The lowest BCUT2D eigenvalue weighted by atomic mass is 10.3. The molecule has 1 aromatic heterocycles. The number of carbonyl (C=O) groups is 2. The van der Waals surface area contributed by atoms with Gasteiger partial charge in [-0.25, -0.2) is 9.78 Å². The van der Waals surface area contributed by atoms with E-state index in [4.69, 9.17) is 5.11 Å². The zero-order valence-electron chi connectivity index (χ0n) is 8.10. The highest BCUT2D eigenvalue weighted by Crippen LogP contribution is 2.07. The summed E-state index contributed by atoms with van der Waals surface area (Å²) in [5.74, 6) is -1.43. The number of hydrogen-bond acceptors (Lipinski definition) is 3. The largest absolute Gasteiger partial charge is 0.477 e. The molecule has 0 aromatic carbocycles. The van der Waals surface area contributed by atoms with Crippen molar-refractivity contribution in [2.45, 2.75) is 6.92 Å². The monoisotopic (exact) mass is 206 g/mol. The first-order valence-corrected chi connectivity index (χ1v) is 4.26. The van der Waals surface area contributed by atoms with Crippen molar-refractivity contribution in [3.8, 4) is 0 Å². The SMILES string of the molecule is CC=CC(=O)Nc1ccnc(C(=O)O)c1. The molecule has 15 heavy (non-hydrogen) atoms. The van der Waals surface area contributed by atoms with E-state index >= 15 is 0 Å². The van der Waals surface area contributed by atoms with Gasteiger partial charge in [0, 0.05) is 11.9 Å². The number of aromatic nitrogens is 1. The molecule has 1 heterocycles. The number of allylic oxidation sites excluding steroid dienone is 1. The van der Waals surface area contributed by atoms with E-state index in [1.165, 1.54) is 24.4 Å². The van der Waals surface area contributed by atoms with Crippen molar-refractivity contribution >= 4 is 17.6 Å². The maximum absolute atomic E-state index is 11.1. The molecule has 0 saturated heterocycles. The van der Waals surface area contributed by atoms with Crippen molar-refractivity contribution in [3.05, 3.63) is 36.2 Å². The first-order valence-electron chi connectivity index (χ1n) is 4.26. The number of aromatic carboxylic acids is 1. The van der Waals surface area contributed by atoms with Crippen molar-refractivity contribution in [2.75, 3.05) is 5.32 Å². The van der Waals surface area contributed by atoms with E-state index < -0.39 is 5.97 Å². The van der Waals surface area contributed by atoms with Gasteiger partial charge in [0.25, 0.3) is 0 Å². The van der Waals surface area contributed by atoms with Gasteiger partial charge in [-0.1, -0.05) is 6.08 Å². The molecule has 1 aromatic rings. The quantitative estimate of drug-likeness (QED) is 0.730. The second-order valence-corrected chi connectivity index (χ2v) is 2.72. The van der Waals surface area contributed by atoms with Crippen molar-refractivity contribution in [1.82, 2.24) is 4.98 Å². The van der Waals surface area contributed by atoms with Crippen LogP contribution in [0.2, 0.25) is 0 Å². The second kappa shape index (κ2) is 4.90. The number of amides is 1. The van der Waals surface area contributed by atoms with Crippen LogP contribution in [0.5, 0.6) is 0 Å².